The van der Waals surface area contributed by atoms with E-state index in [-0.39, 0.29) is 0 Å². The van der Waals surface area contributed by atoms with Gasteiger partial charge in [0.1, 0.15) is 7.14 Å². The highest BCUT2D eigenvalue weighted by molar-refractivity contribution is 7.72. The van der Waals surface area contributed by atoms with Crippen LogP contribution < -0.4 is 5.30 Å². The van der Waals surface area contributed by atoms with Gasteiger partial charge in [0.2, 0.25) is 0 Å². The van der Waals surface area contributed by atoms with Gasteiger partial charge in [-0.25, -0.2) is 0 Å². The van der Waals surface area contributed by atoms with Gasteiger partial charge in [-0.3, -0.25) is 0 Å². The second-order valence-electron chi connectivity index (χ2n) is 5.54. The molecule has 0 saturated heterocycles. The van der Waals surface area contributed by atoms with Crippen LogP contribution in [-0.4, -0.2) is 20.4 Å². The molecule has 0 amide bonds. The summed E-state index contributed by atoms with van der Waals surface area (Å²) in [6.07, 6.45) is 3.85. The Balaban J connectivity index is 2.26. The average Bonchev–Trinajstić information content (AvgIpc) is 2.63. The molecule has 1 aliphatic heterocycles. The Hall–Kier alpha value is -0.593. The summed E-state index contributed by atoms with van der Waals surface area (Å²) in [6.45, 7) is 7.00. The van der Waals surface area contributed by atoms with Gasteiger partial charge in [-0.2, -0.15) is 0 Å². The molecule has 86 valence electrons. The van der Waals surface area contributed by atoms with E-state index < -0.39 is 15.2 Å². The van der Waals surface area contributed by atoms with Crippen molar-refractivity contribution in [2.45, 2.75) is 19.6 Å². The predicted molar refractivity (Wildman–Crippen MR) is 74.8 cm³/mol. The molecule has 3 heteroatoms. The highest BCUT2D eigenvalue weighted by Gasteiger charge is 2.34. The van der Waals surface area contributed by atoms with Crippen molar-refractivity contribution in [1.82, 2.24) is 0 Å². The molecule has 1 heterocycles. The summed E-state index contributed by atoms with van der Waals surface area (Å²) >= 11 is 0. The van der Waals surface area contributed by atoms with Crippen LogP contribution in [0, 0.1) is 0 Å². The van der Waals surface area contributed by atoms with Crippen LogP contribution in [0.2, 0.25) is 19.6 Å². The molecule has 0 radical (unpaired) electrons. The molecule has 0 bridgehead atoms. The highest BCUT2D eigenvalue weighted by atomic mass is 31.2. The van der Waals surface area contributed by atoms with Gasteiger partial charge in [0.15, 0.2) is 0 Å². The summed E-state index contributed by atoms with van der Waals surface area (Å²) < 4.78 is 12.8. The number of hydrogen-bond acceptors (Lipinski definition) is 1. The molecule has 0 saturated carbocycles. The van der Waals surface area contributed by atoms with Gasteiger partial charge in [0.05, 0.1) is 8.07 Å². The van der Waals surface area contributed by atoms with E-state index in [1.165, 1.54) is 5.20 Å². The molecule has 1 aromatic rings. The van der Waals surface area contributed by atoms with E-state index in [4.69, 9.17) is 0 Å². The van der Waals surface area contributed by atoms with Crippen LogP contribution in [0.25, 0.3) is 0 Å². The van der Waals surface area contributed by atoms with Crippen molar-refractivity contribution in [3.63, 3.8) is 0 Å². The van der Waals surface area contributed by atoms with E-state index in [2.05, 4.69) is 25.7 Å². The standard InChI is InChI=1S/C13H19OPSi/c1-16(2,3)13-9-10-15(14,11-13)12-7-5-4-6-8-12/h4-9H,10-11H2,1-3H3. The first-order valence-electron chi connectivity index (χ1n) is 5.75. The van der Waals surface area contributed by atoms with Gasteiger partial charge in [0.25, 0.3) is 0 Å². The summed E-state index contributed by atoms with van der Waals surface area (Å²) in [6, 6.07) is 9.99. The zero-order chi connectivity index (χ0) is 11.8. The molecule has 0 aromatic heterocycles. The van der Waals surface area contributed by atoms with E-state index >= 15 is 0 Å². The maximum absolute atomic E-state index is 12.8. The van der Waals surface area contributed by atoms with Crippen LogP contribution in [-0.2, 0) is 4.57 Å². The van der Waals surface area contributed by atoms with Gasteiger partial charge in [-0.15, -0.1) is 0 Å². The SMILES string of the molecule is C[Si](C)(C)C1=CCP(=O)(c2ccccc2)C1. The first-order chi connectivity index (χ1) is 7.42. The zero-order valence-electron chi connectivity index (χ0n) is 10.2. The van der Waals surface area contributed by atoms with E-state index in [0.717, 1.165) is 17.6 Å². The van der Waals surface area contributed by atoms with E-state index in [9.17, 15) is 4.57 Å². The Labute approximate surface area is 99.0 Å². The van der Waals surface area contributed by atoms with Crippen LogP contribution >= 0.6 is 7.14 Å². The quantitative estimate of drug-likeness (QED) is 0.580. The minimum atomic E-state index is -2.13. The Morgan fingerprint density at radius 2 is 1.75 bits per heavy atom. The Kier molecular flexibility index (Phi) is 2.98. The topological polar surface area (TPSA) is 17.1 Å². The van der Waals surface area contributed by atoms with Gasteiger partial charge < -0.3 is 4.57 Å². The van der Waals surface area contributed by atoms with Crippen molar-refractivity contribution in [3.8, 4) is 0 Å². The Morgan fingerprint density at radius 1 is 1.12 bits per heavy atom. The minimum absolute atomic E-state index is 0.774. The predicted octanol–water partition coefficient (Wildman–Crippen LogP) is 3.49. The smallest absolute Gasteiger partial charge is 0.122 e. The van der Waals surface area contributed by atoms with Crippen LogP contribution in [0.3, 0.4) is 0 Å². The molecule has 0 spiro atoms. The molecule has 0 N–H and O–H groups in total. The molecule has 0 aliphatic carbocycles. The van der Waals surface area contributed by atoms with Crippen molar-refractivity contribution in [1.29, 1.82) is 0 Å². The van der Waals surface area contributed by atoms with E-state index in [1.54, 1.807) is 0 Å². The van der Waals surface area contributed by atoms with Crippen molar-refractivity contribution in [3.05, 3.63) is 41.6 Å². The van der Waals surface area contributed by atoms with Gasteiger partial charge >= 0.3 is 0 Å². The van der Waals surface area contributed by atoms with Gasteiger partial charge in [0, 0.05) is 17.6 Å². The molecule has 1 aliphatic rings. The number of hydrogen-bond donors (Lipinski definition) is 0. The summed E-state index contributed by atoms with van der Waals surface area (Å²) in [5, 5.41) is 2.54. The molecule has 1 unspecified atom stereocenters. The molecular weight excluding hydrogens is 231 g/mol. The normalized spacial score (nSPS) is 25.6. The largest absolute Gasteiger partial charge is 0.318 e. The third kappa shape index (κ3) is 2.23. The first kappa shape index (κ1) is 11.9. The fourth-order valence-electron chi connectivity index (χ4n) is 2.10. The van der Waals surface area contributed by atoms with Crippen LogP contribution in [0.15, 0.2) is 41.6 Å². The van der Waals surface area contributed by atoms with Gasteiger partial charge in [-0.1, -0.05) is 61.2 Å². The fourth-order valence-corrected chi connectivity index (χ4v) is 8.08. The summed E-state index contributed by atoms with van der Waals surface area (Å²) in [4.78, 5) is 0. The molecular formula is C13H19OPSi. The number of allylic oxidation sites excluding steroid dienone is 2. The second-order valence-corrected chi connectivity index (χ2v) is 13.7. The lowest BCUT2D eigenvalue weighted by molar-refractivity contribution is 0.585. The van der Waals surface area contributed by atoms with Crippen LogP contribution in [0.4, 0.5) is 0 Å². The molecule has 1 nitrogen and oxygen atoms in total. The second kappa shape index (κ2) is 4.01. The van der Waals surface area contributed by atoms with Crippen molar-refractivity contribution in [2.75, 3.05) is 12.3 Å². The average molecular weight is 250 g/mol. The fraction of sp³-hybridized carbons (Fsp3) is 0.385. The van der Waals surface area contributed by atoms with Crippen LogP contribution in [0.1, 0.15) is 0 Å². The summed E-state index contributed by atoms with van der Waals surface area (Å²) in [5.74, 6) is 0. The molecule has 0 fully saturated rings. The lowest BCUT2D eigenvalue weighted by atomic mass is 10.4. The monoisotopic (exact) mass is 250 g/mol. The Morgan fingerprint density at radius 3 is 2.25 bits per heavy atom. The Bertz CT molecular complexity index is 457. The minimum Gasteiger partial charge on any atom is -0.318 e. The van der Waals surface area contributed by atoms with E-state index in [1.807, 2.05) is 30.3 Å². The van der Waals surface area contributed by atoms with Crippen LogP contribution in [0.5, 0.6) is 0 Å². The number of benzene rings is 1. The lowest BCUT2D eigenvalue weighted by Crippen LogP contribution is -2.25. The maximum atomic E-state index is 12.8. The summed E-state index contributed by atoms with van der Waals surface area (Å²) in [7, 11) is -3.39. The molecule has 16 heavy (non-hydrogen) atoms. The highest BCUT2D eigenvalue weighted by Crippen LogP contribution is 2.51. The van der Waals surface area contributed by atoms with E-state index in [0.29, 0.717) is 0 Å². The van der Waals surface area contributed by atoms with Crippen molar-refractivity contribution in [2.24, 2.45) is 0 Å². The zero-order valence-corrected chi connectivity index (χ0v) is 12.1. The summed E-state index contributed by atoms with van der Waals surface area (Å²) in [5.41, 5.74) is 0. The third-order valence-electron chi connectivity index (χ3n) is 3.25. The lowest BCUT2D eigenvalue weighted by Gasteiger charge is -2.19. The number of rotatable bonds is 2. The first-order valence-corrected chi connectivity index (χ1v) is 11.3. The molecule has 1 aromatic carbocycles. The maximum Gasteiger partial charge on any atom is 0.122 e. The molecule has 2 rings (SSSR count). The molecule has 1 atom stereocenters. The third-order valence-corrected chi connectivity index (χ3v) is 8.72. The van der Waals surface area contributed by atoms with Crippen molar-refractivity contribution >= 4 is 20.5 Å². The van der Waals surface area contributed by atoms with Gasteiger partial charge in [-0.05, 0) is 0 Å². The van der Waals surface area contributed by atoms with Crippen molar-refractivity contribution < 1.29 is 4.57 Å².